The lowest BCUT2D eigenvalue weighted by molar-refractivity contribution is 0.237. The largest absolute Gasteiger partial charge is 0.504 e. The van der Waals surface area contributed by atoms with Gasteiger partial charge < -0.3 is 28.8 Å². The van der Waals surface area contributed by atoms with E-state index in [1.165, 1.54) is 36.4 Å². The molecule has 2 atom stereocenters. The monoisotopic (exact) mass is 828 g/mol. The maximum Gasteiger partial charge on any atom is 0.206 e. The number of rotatable bonds is 14. The van der Waals surface area contributed by atoms with E-state index in [9.17, 15) is 21.9 Å². The van der Waals surface area contributed by atoms with Crippen LogP contribution in [0.5, 0.6) is 23.0 Å². The van der Waals surface area contributed by atoms with Gasteiger partial charge in [0.05, 0.1) is 44.8 Å². The molecule has 57 heavy (non-hydrogen) atoms. The van der Waals surface area contributed by atoms with Gasteiger partial charge in [-0.1, -0.05) is 97.1 Å². The molecule has 0 spiro atoms. The van der Waals surface area contributed by atoms with Crippen LogP contribution in [0, 0.1) is 0 Å². The molecular formula is C44H41ClO10S2. The third kappa shape index (κ3) is 12.1. The van der Waals surface area contributed by atoms with Crippen molar-refractivity contribution in [1.82, 2.24) is 0 Å². The van der Waals surface area contributed by atoms with E-state index in [1.807, 2.05) is 60.7 Å². The molecule has 1 N–H and O–H groups in total. The first-order valence-electron chi connectivity index (χ1n) is 18.0. The Hall–Kier alpha value is -5.37. The summed E-state index contributed by atoms with van der Waals surface area (Å²) in [6.45, 7) is 2.54. The van der Waals surface area contributed by atoms with Crippen LogP contribution >= 0.6 is 11.6 Å². The highest BCUT2D eigenvalue weighted by Crippen LogP contribution is 2.34. The lowest BCUT2D eigenvalue weighted by Crippen LogP contribution is -2.08. The van der Waals surface area contributed by atoms with Crippen LogP contribution in [-0.2, 0) is 42.4 Å². The molecule has 2 aliphatic heterocycles. The second-order valence-corrected chi connectivity index (χ2v) is 17.0. The predicted molar refractivity (Wildman–Crippen MR) is 216 cm³/mol. The molecule has 6 aromatic carbocycles. The van der Waals surface area contributed by atoms with E-state index in [2.05, 4.69) is 0 Å². The number of hydrogen-bond donors (Lipinski definition) is 1. The molecule has 0 saturated carbocycles. The molecule has 8 rings (SSSR count). The molecule has 0 amide bonds. The number of epoxide rings is 2. The van der Waals surface area contributed by atoms with Gasteiger partial charge in [-0.05, 0) is 59.7 Å². The second-order valence-electron chi connectivity index (χ2n) is 12.8. The van der Waals surface area contributed by atoms with E-state index in [1.54, 1.807) is 60.7 Å². The van der Waals surface area contributed by atoms with Gasteiger partial charge in [-0.25, -0.2) is 16.8 Å². The van der Waals surface area contributed by atoms with Crippen LogP contribution in [0.3, 0.4) is 0 Å². The maximum absolute atomic E-state index is 12.9. The van der Waals surface area contributed by atoms with Crippen LogP contribution in [0.2, 0.25) is 0 Å². The van der Waals surface area contributed by atoms with E-state index in [-0.39, 0.29) is 37.2 Å². The normalized spacial score (nSPS) is 15.5. The van der Waals surface area contributed by atoms with Crippen LogP contribution in [0.1, 0.15) is 11.1 Å². The molecule has 296 valence electrons. The van der Waals surface area contributed by atoms with Gasteiger partial charge in [0, 0.05) is 12.1 Å². The van der Waals surface area contributed by atoms with Gasteiger partial charge in [-0.2, -0.15) is 0 Å². The zero-order chi connectivity index (χ0) is 40.1. The van der Waals surface area contributed by atoms with Gasteiger partial charge in [0.2, 0.25) is 19.7 Å². The molecule has 13 heteroatoms. The Kier molecular flexibility index (Phi) is 14.2. The molecular weight excluding hydrogens is 788 g/mol. The van der Waals surface area contributed by atoms with Gasteiger partial charge in [0.25, 0.3) is 0 Å². The first kappa shape index (κ1) is 41.3. The summed E-state index contributed by atoms with van der Waals surface area (Å²) >= 11 is 5.27. The van der Waals surface area contributed by atoms with Crippen molar-refractivity contribution in [3.8, 4) is 23.0 Å². The van der Waals surface area contributed by atoms with Crippen molar-refractivity contribution in [2.75, 3.05) is 25.7 Å². The highest BCUT2D eigenvalue weighted by molar-refractivity contribution is 7.91. The van der Waals surface area contributed by atoms with Crippen molar-refractivity contribution >= 4 is 31.3 Å². The summed E-state index contributed by atoms with van der Waals surface area (Å²) in [7, 11) is -7.30. The van der Waals surface area contributed by atoms with Gasteiger partial charge in [-0.15, -0.1) is 11.6 Å². The zero-order valence-corrected chi connectivity index (χ0v) is 33.1. The summed E-state index contributed by atoms with van der Waals surface area (Å²) in [4.78, 5) is 0.613. The second kappa shape index (κ2) is 19.7. The Labute approximate surface area is 338 Å². The standard InChI is InChI=1S/C22H20O5S.C19H16O4S.C3H5ClO/c23-28(24,19-9-5-2-6-10-19)20-11-12-21(22(13-20)27-16-18-15-25-18)26-14-17-7-3-1-4-8-17;20-18-13-17(24(21,22)16-9-5-2-6-10-16)11-12-19(18)23-14-15-7-3-1-4-8-15;4-1-3-2-5-3/h1-13,18H,14-16H2;1-13,20H,14H2;3H,1-2H2. The minimum absolute atomic E-state index is 0.0262. The van der Waals surface area contributed by atoms with E-state index < -0.39 is 19.7 Å². The van der Waals surface area contributed by atoms with E-state index in [4.69, 9.17) is 35.3 Å². The SMILES string of the molecule is ClCC1CO1.O=S(=O)(c1ccccc1)c1ccc(OCc2ccccc2)c(O)c1.O=S(=O)(c1ccccc1)c1ccc(OCc2ccccc2)c(OCC2CO2)c1. The summed E-state index contributed by atoms with van der Waals surface area (Å²) in [6, 6.07) is 44.5. The predicted octanol–water partition coefficient (Wildman–Crippen LogP) is 8.30. The molecule has 2 heterocycles. The first-order valence-corrected chi connectivity index (χ1v) is 21.5. The summed E-state index contributed by atoms with van der Waals surface area (Å²) in [5.41, 5.74) is 1.97. The zero-order valence-electron chi connectivity index (χ0n) is 30.7. The van der Waals surface area contributed by atoms with Gasteiger partial charge in [-0.3, -0.25) is 0 Å². The maximum atomic E-state index is 12.9. The van der Waals surface area contributed by atoms with E-state index >= 15 is 0 Å². The van der Waals surface area contributed by atoms with Crippen molar-refractivity contribution < 1.29 is 45.6 Å². The van der Waals surface area contributed by atoms with Crippen molar-refractivity contribution in [2.45, 2.75) is 45.0 Å². The number of halogens is 1. The number of benzene rings is 6. The summed E-state index contributed by atoms with van der Waals surface area (Å²) in [6.07, 6.45) is 0.452. The van der Waals surface area contributed by atoms with Crippen LogP contribution in [0.4, 0.5) is 0 Å². The Morgan fingerprint density at radius 1 is 0.509 bits per heavy atom. The lowest BCUT2D eigenvalue weighted by atomic mass is 10.2. The molecule has 6 aromatic rings. The average molecular weight is 829 g/mol. The fourth-order valence-corrected chi connectivity index (χ4v) is 7.90. The third-order valence-corrected chi connectivity index (χ3v) is 12.3. The van der Waals surface area contributed by atoms with E-state index in [0.717, 1.165) is 17.7 Å². The van der Waals surface area contributed by atoms with Crippen LogP contribution in [0.25, 0.3) is 0 Å². The van der Waals surface area contributed by atoms with E-state index in [0.29, 0.717) is 49.9 Å². The number of phenols is 1. The third-order valence-electron chi connectivity index (χ3n) is 8.45. The van der Waals surface area contributed by atoms with Crippen LogP contribution in [0.15, 0.2) is 177 Å². The van der Waals surface area contributed by atoms with Crippen molar-refractivity contribution in [3.05, 3.63) is 169 Å². The van der Waals surface area contributed by atoms with Crippen LogP contribution in [-0.4, -0.2) is 59.9 Å². The van der Waals surface area contributed by atoms with Gasteiger partial charge in [0.1, 0.15) is 25.9 Å². The summed E-state index contributed by atoms with van der Waals surface area (Å²) in [5.74, 6) is 1.59. The smallest absolute Gasteiger partial charge is 0.206 e. The number of aromatic hydroxyl groups is 1. The molecule has 2 saturated heterocycles. The van der Waals surface area contributed by atoms with Gasteiger partial charge in [0.15, 0.2) is 23.0 Å². The summed E-state index contributed by atoms with van der Waals surface area (Å²) in [5, 5.41) is 10.1. The minimum Gasteiger partial charge on any atom is -0.504 e. The Balaban J connectivity index is 0.000000173. The van der Waals surface area contributed by atoms with Crippen molar-refractivity contribution in [1.29, 1.82) is 0 Å². The average Bonchev–Trinajstić information content (AvgIpc) is 4.20. The quantitative estimate of drug-likeness (QED) is 0.0842. The lowest BCUT2D eigenvalue weighted by Gasteiger charge is -2.14. The Bertz CT molecular complexity index is 2390. The molecule has 2 aliphatic rings. The minimum atomic E-state index is -3.66. The molecule has 2 unspecified atom stereocenters. The molecule has 0 radical (unpaired) electrons. The van der Waals surface area contributed by atoms with Crippen LogP contribution < -0.4 is 14.2 Å². The van der Waals surface area contributed by atoms with Crippen molar-refractivity contribution in [2.24, 2.45) is 0 Å². The fourth-order valence-electron chi connectivity index (χ4n) is 5.12. The topological polar surface area (TPSA) is 141 Å². The number of ether oxygens (including phenoxy) is 5. The number of sulfone groups is 2. The Morgan fingerprint density at radius 3 is 1.35 bits per heavy atom. The highest BCUT2D eigenvalue weighted by atomic mass is 35.5. The number of alkyl halides is 1. The molecule has 10 nitrogen and oxygen atoms in total. The molecule has 0 bridgehead atoms. The molecule has 2 fully saturated rings. The summed E-state index contributed by atoms with van der Waals surface area (Å²) < 4.78 is 78.0. The number of hydrogen-bond acceptors (Lipinski definition) is 10. The number of phenolic OH excluding ortho intramolecular Hbond substituents is 1. The highest BCUT2D eigenvalue weighted by Gasteiger charge is 2.25. The molecule has 0 aliphatic carbocycles. The van der Waals surface area contributed by atoms with Gasteiger partial charge >= 0.3 is 0 Å². The molecule has 0 aromatic heterocycles. The fraction of sp³-hybridized carbons (Fsp3) is 0.182. The first-order chi connectivity index (χ1) is 27.6. The van der Waals surface area contributed by atoms with Crippen molar-refractivity contribution in [3.63, 3.8) is 0 Å². The Morgan fingerprint density at radius 2 is 0.930 bits per heavy atom.